The molecule has 2 N–H and O–H groups in total. The number of imide groups is 1. The smallest absolute Gasteiger partial charge is 0.407 e. The Balaban J connectivity index is 0.0000106. The predicted octanol–water partition coefficient (Wildman–Crippen LogP) is 6.56. The number of carbonyl (C=O) groups excluding carboxylic acids is 3. The molecule has 4 amide bonds. The van der Waals surface area contributed by atoms with Crippen LogP contribution in [0.1, 0.15) is 121 Å². The fourth-order valence-corrected chi connectivity index (χ4v) is 5.58. The maximum atomic E-state index is 12.8. The van der Waals surface area contributed by atoms with Crippen molar-refractivity contribution >= 4 is 48.0 Å². The minimum Gasteiger partial charge on any atom is -0.477 e. The highest BCUT2D eigenvalue weighted by Gasteiger charge is 2.36. The Labute approximate surface area is 292 Å². The minimum absolute atomic E-state index is 0. The van der Waals surface area contributed by atoms with E-state index in [0.29, 0.717) is 6.42 Å². The highest BCUT2D eigenvalue weighted by atomic mass is 127. The molecule has 2 unspecified atom stereocenters. The summed E-state index contributed by atoms with van der Waals surface area (Å²) in [5.41, 5.74) is 0.129. The lowest BCUT2D eigenvalue weighted by Crippen LogP contribution is -2.43. The molecule has 12 heteroatoms. The summed E-state index contributed by atoms with van der Waals surface area (Å²) in [6.07, 6.45) is 20.5. The van der Waals surface area contributed by atoms with E-state index in [4.69, 9.17) is 14.6 Å². The Morgan fingerprint density at radius 2 is 1.57 bits per heavy atom. The minimum atomic E-state index is -1.04. The zero-order valence-electron chi connectivity index (χ0n) is 28.3. The summed E-state index contributed by atoms with van der Waals surface area (Å²) in [5.74, 6) is -1.35. The number of halogens is 1. The number of aromatic nitrogens is 1. The van der Waals surface area contributed by atoms with Crippen molar-refractivity contribution in [1.82, 2.24) is 15.1 Å². The van der Waals surface area contributed by atoms with E-state index in [0.717, 1.165) is 19.3 Å². The van der Waals surface area contributed by atoms with Gasteiger partial charge in [0.1, 0.15) is 12.1 Å². The maximum absolute atomic E-state index is 12.8. The van der Waals surface area contributed by atoms with E-state index < -0.39 is 18.1 Å². The van der Waals surface area contributed by atoms with E-state index in [9.17, 15) is 19.2 Å². The molecule has 0 aromatic carbocycles. The highest BCUT2D eigenvalue weighted by molar-refractivity contribution is 14.0. The number of unbranched alkanes of at least 4 members (excludes halogenated alkanes) is 12. The molecule has 11 nitrogen and oxygen atoms in total. The van der Waals surface area contributed by atoms with Crippen LogP contribution in [0.2, 0.25) is 0 Å². The van der Waals surface area contributed by atoms with E-state index in [-0.39, 0.29) is 80.4 Å². The van der Waals surface area contributed by atoms with Gasteiger partial charge in [0.25, 0.3) is 5.91 Å². The van der Waals surface area contributed by atoms with Crippen LogP contribution < -0.4 is 9.88 Å². The van der Waals surface area contributed by atoms with Crippen LogP contribution in [0.4, 0.5) is 9.59 Å². The Hall–Kier alpha value is -2.48. The van der Waals surface area contributed by atoms with Crippen LogP contribution in [0.25, 0.3) is 0 Å². The standard InChI is InChI=1S/C34H56N4O7.HI/c1-4-5-6-7-8-9-10-11-12-13-14-15-16-20-30(28(2)44-3)35-33(42)45-25-18-22-37-27-31(39)38(34(37)43)24-23-36-21-17-19-29(26-36)32(40)41;/h17,19,21,26,28,30H,4-16,18,20,22-25,27H2,1-3H3,(H-,35,40,41,42);1H/p+1. The third kappa shape index (κ3) is 16.4. The van der Waals surface area contributed by atoms with Crippen LogP contribution in [-0.4, -0.2) is 84.4 Å². The number of nitrogens with one attached hydrogen (secondary N) is 1. The number of pyridine rings is 1. The summed E-state index contributed by atoms with van der Waals surface area (Å²) in [6, 6.07) is 2.55. The molecule has 2 heterocycles. The average Bonchev–Trinajstić information content (AvgIpc) is 3.30. The van der Waals surface area contributed by atoms with Crippen molar-refractivity contribution in [3.8, 4) is 0 Å². The van der Waals surface area contributed by atoms with Crippen LogP contribution >= 0.6 is 24.0 Å². The summed E-state index contributed by atoms with van der Waals surface area (Å²) in [7, 11) is 1.64. The van der Waals surface area contributed by atoms with Gasteiger partial charge in [-0.1, -0.05) is 90.4 Å². The maximum Gasteiger partial charge on any atom is 0.407 e. The van der Waals surface area contributed by atoms with Crippen molar-refractivity contribution in [3.63, 3.8) is 0 Å². The van der Waals surface area contributed by atoms with E-state index in [1.807, 2.05) is 6.92 Å². The third-order valence-corrected chi connectivity index (χ3v) is 8.48. The van der Waals surface area contributed by atoms with Gasteiger partial charge in [-0.3, -0.25) is 9.69 Å². The predicted molar refractivity (Wildman–Crippen MR) is 187 cm³/mol. The van der Waals surface area contributed by atoms with Gasteiger partial charge < -0.3 is 24.8 Å². The second-order valence-electron chi connectivity index (χ2n) is 12.1. The van der Waals surface area contributed by atoms with Gasteiger partial charge >= 0.3 is 18.1 Å². The summed E-state index contributed by atoms with van der Waals surface area (Å²) >= 11 is 0. The molecule has 1 aromatic heterocycles. The number of carboxylic acids is 1. The number of urea groups is 1. The second-order valence-corrected chi connectivity index (χ2v) is 12.1. The normalized spacial score (nSPS) is 14.2. The van der Waals surface area contributed by atoms with Crippen molar-refractivity contribution in [1.29, 1.82) is 0 Å². The van der Waals surface area contributed by atoms with Gasteiger partial charge in [0, 0.05) is 19.7 Å². The summed E-state index contributed by atoms with van der Waals surface area (Å²) in [4.78, 5) is 51.5. The molecular formula is C34H58IN4O7+. The van der Waals surface area contributed by atoms with Gasteiger partial charge in [0.2, 0.25) is 0 Å². The number of carbonyl (C=O) groups is 4. The molecule has 1 fully saturated rings. The number of amides is 4. The van der Waals surface area contributed by atoms with Gasteiger partial charge in [-0.2, -0.15) is 0 Å². The van der Waals surface area contributed by atoms with Crippen molar-refractivity contribution in [2.45, 2.75) is 129 Å². The summed E-state index contributed by atoms with van der Waals surface area (Å²) < 4.78 is 12.5. The number of hydrogen-bond acceptors (Lipinski definition) is 6. The third-order valence-electron chi connectivity index (χ3n) is 8.48. The zero-order valence-corrected chi connectivity index (χ0v) is 30.6. The van der Waals surface area contributed by atoms with Crippen molar-refractivity contribution < 1.29 is 38.3 Å². The molecule has 1 saturated heterocycles. The Morgan fingerprint density at radius 3 is 2.15 bits per heavy atom. The van der Waals surface area contributed by atoms with Crippen LogP contribution in [0.15, 0.2) is 24.5 Å². The lowest BCUT2D eigenvalue weighted by atomic mass is 10.0. The van der Waals surface area contributed by atoms with Gasteiger partial charge in [0.15, 0.2) is 18.9 Å². The highest BCUT2D eigenvalue weighted by Crippen LogP contribution is 2.15. The summed E-state index contributed by atoms with van der Waals surface area (Å²) in [6.45, 7) is 5.00. The van der Waals surface area contributed by atoms with Crippen molar-refractivity contribution in [2.75, 3.05) is 33.4 Å². The topological polar surface area (TPSA) is 129 Å². The molecule has 0 bridgehead atoms. The first kappa shape index (κ1) is 41.5. The molecule has 1 aromatic rings. The fraction of sp³-hybridized carbons (Fsp3) is 0.735. The zero-order chi connectivity index (χ0) is 32.9. The summed E-state index contributed by atoms with van der Waals surface area (Å²) in [5, 5.41) is 12.1. The van der Waals surface area contributed by atoms with E-state index in [2.05, 4.69) is 12.2 Å². The first-order chi connectivity index (χ1) is 21.8. The van der Waals surface area contributed by atoms with Crippen LogP contribution in [0.3, 0.4) is 0 Å². The average molecular weight is 762 g/mol. The molecule has 46 heavy (non-hydrogen) atoms. The molecule has 0 spiro atoms. The van der Waals surface area contributed by atoms with Crippen LogP contribution in [0, 0.1) is 0 Å². The molecule has 2 atom stereocenters. The second kappa shape index (κ2) is 24.7. The van der Waals surface area contributed by atoms with Crippen molar-refractivity contribution in [2.24, 2.45) is 0 Å². The number of nitrogens with zero attached hydrogens (tertiary/aromatic N) is 3. The number of rotatable bonds is 25. The van der Waals surface area contributed by atoms with Gasteiger partial charge in [-0.25, -0.2) is 19.0 Å². The number of methoxy groups -OCH3 is 1. The number of ether oxygens (including phenoxy) is 2. The molecule has 2 rings (SSSR count). The monoisotopic (exact) mass is 761 g/mol. The molecule has 0 saturated carbocycles. The van der Waals surface area contributed by atoms with Gasteiger partial charge in [0.05, 0.1) is 25.3 Å². The fourth-order valence-electron chi connectivity index (χ4n) is 5.58. The first-order valence-electron chi connectivity index (χ1n) is 17.0. The van der Waals surface area contributed by atoms with Crippen molar-refractivity contribution in [3.05, 3.63) is 30.1 Å². The lowest BCUT2D eigenvalue weighted by molar-refractivity contribution is -0.696. The molecule has 0 radical (unpaired) electrons. The van der Waals surface area contributed by atoms with E-state index >= 15 is 0 Å². The number of aromatic carboxylic acids is 1. The molecule has 0 aliphatic carbocycles. The number of carboxylic acid groups (broad SMARTS) is 1. The Bertz CT molecular complexity index is 1040. The van der Waals surface area contributed by atoms with Crippen LogP contribution in [0.5, 0.6) is 0 Å². The van der Waals surface area contributed by atoms with E-state index in [1.54, 1.807) is 23.9 Å². The first-order valence-corrected chi connectivity index (χ1v) is 17.0. The molecule has 1 aliphatic rings. The lowest BCUT2D eigenvalue weighted by Gasteiger charge is -2.24. The van der Waals surface area contributed by atoms with Gasteiger partial charge in [-0.15, -0.1) is 24.0 Å². The number of hydrogen-bond donors (Lipinski definition) is 2. The SMILES string of the molecule is CCCCCCCCCCCCCCCC(NC(=O)OCCCN1CC(=O)N(CC[n+]2cccc(C(=O)O)c2)C1=O)C(C)OC.I. The van der Waals surface area contributed by atoms with E-state index in [1.165, 1.54) is 92.7 Å². The Morgan fingerprint density at radius 1 is 0.957 bits per heavy atom. The molecule has 1 aliphatic heterocycles. The quantitative estimate of drug-likeness (QED) is 0.0500. The number of alkyl carbamates (subject to hydrolysis) is 1. The Kier molecular flexibility index (Phi) is 22.3. The molecule has 262 valence electrons. The largest absolute Gasteiger partial charge is 0.477 e. The molecular weight excluding hydrogens is 703 g/mol. The van der Waals surface area contributed by atoms with Gasteiger partial charge in [-0.05, 0) is 25.8 Å². The van der Waals surface area contributed by atoms with Crippen LogP contribution in [-0.2, 0) is 20.8 Å².